The van der Waals surface area contributed by atoms with Gasteiger partial charge in [-0.25, -0.2) is 0 Å². The van der Waals surface area contributed by atoms with Crippen LogP contribution in [-0.4, -0.2) is 30.0 Å². The van der Waals surface area contributed by atoms with Crippen molar-refractivity contribution in [1.29, 1.82) is 0 Å². The number of nitrogens with zero attached hydrogens (tertiary/aromatic N) is 1. The van der Waals surface area contributed by atoms with Gasteiger partial charge < -0.3 is 9.64 Å². The van der Waals surface area contributed by atoms with Crippen LogP contribution in [0.25, 0.3) is 0 Å². The second kappa shape index (κ2) is 7.92. The van der Waals surface area contributed by atoms with Gasteiger partial charge in [0.1, 0.15) is 11.9 Å². The zero-order valence-electron chi connectivity index (χ0n) is 14.8. The normalized spacial score (nSPS) is 15.2. The molecule has 2 aromatic rings. The Hall–Kier alpha value is -2.00. The fourth-order valence-corrected chi connectivity index (χ4v) is 3.25. The van der Waals surface area contributed by atoms with Crippen molar-refractivity contribution in [3.05, 3.63) is 64.2 Å². The number of likely N-dealkylation sites (tertiary alicyclic amines) is 1. The number of halogens is 1. The van der Waals surface area contributed by atoms with Gasteiger partial charge in [-0.3, -0.25) is 4.79 Å². The van der Waals surface area contributed by atoms with Crippen LogP contribution in [0.2, 0.25) is 5.02 Å². The van der Waals surface area contributed by atoms with E-state index in [0.29, 0.717) is 11.4 Å². The van der Waals surface area contributed by atoms with E-state index >= 15 is 0 Å². The fourth-order valence-electron chi connectivity index (χ4n) is 3.13. The molecule has 0 spiro atoms. The number of hydrogen-bond acceptors (Lipinski definition) is 2. The SMILES string of the molecule is Cc1ccc(C)c(OC2CCN(C(=O)Cc3ccc(Cl)cc3)CC2)c1. The number of ether oxygens (including phenoxy) is 1. The van der Waals surface area contributed by atoms with Gasteiger partial charge in [-0.1, -0.05) is 35.9 Å². The molecule has 4 heteroatoms. The summed E-state index contributed by atoms with van der Waals surface area (Å²) in [6.45, 7) is 5.65. The van der Waals surface area contributed by atoms with Crippen LogP contribution < -0.4 is 4.74 Å². The molecule has 1 amide bonds. The molecule has 132 valence electrons. The van der Waals surface area contributed by atoms with E-state index in [2.05, 4.69) is 32.0 Å². The highest BCUT2D eigenvalue weighted by Crippen LogP contribution is 2.24. The lowest BCUT2D eigenvalue weighted by Gasteiger charge is -2.32. The molecular weight excluding hydrogens is 334 g/mol. The van der Waals surface area contributed by atoms with Crippen LogP contribution in [0.1, 0.15) is 29.5 Å². The van der Waals surface area contributed by atoms with Crippen molar-refractivity contribution in [2.75, 3.05) is 13.1 Å². The predicted molar refractivity (Wildman–Crippen MR) is 101 cm³/mol. The summed E-state index contributed by atoms with van der Waals surface area (Å²) in [6.07, 6.45) is 2.36. The van der Waals surface area contributed by atoms with Gasteiger partial charge in [0.25, 0.3) is 0 Å². The minimum atomic E-state index is 0.174. The highest BCUT2D eigenvalue weighted by Gasteiger charge is 2.24. The first-order valence-electron chi connectivity index (χ1n) is 8.77. The summed E-state index contributed by atoms with van der Waals surface area (Å²) in [5.74, 6) is 1.14. The summed E-state index contributed by atoms with van der Waals surface area (Å²) in [4.78, 5) is 14.4. The topological polar surface area (TPSA) is 29.5 Å². The zero-order valence-corrected chi connectivity index (χ0v) is 15.6. The quantitative estimate of drug-likeness (QED) is 0.802. The third-order valence-electron chi connectivity index (χ3n) is 4.70. The molecule has 1 aliphatic heterocycles. The molecule has 1 heterocycles. The molecule has 0 bridgehead atoms. The molecule has 1 saturated heterocycles. The molecule has 0 radical (unpaired) electrons. The Morgan fingerprint density at radius 3 is 2.48 bits per heavy atom. The molecule has 0 unspecified atom stereocenters. The lowest BCUT2D eigenvalue weighted by molar-refractivity contribution is -0.132. The average molecular weight is 358 g/mol. The van der Waals surface area contributed by atoms with Gasteiger partial charge >= 0.3 is 0 Å². The third kappa shape index (κ3) is 4.76. The maximum absolute atomic E-state index is 12.5. The maximum atomic E-state index is 12.5. The average Bonchev–Trinajstić information content (AvgIpc) is 2.61. The lowest BCUT2D eigenvalue weighted by Crippen LogP contribution is -2.42. The van der Waals surface area contributed by atoms with E-state index in [9.17, 15) is 4.79 Å². The Labute approximate surface area is 154 Å². The maximum Gasteiger partial charge on any atom is 0.226 e. The van der Waals surface area contributed by atoms with E-state index in [1.54, 1.807) is 0 Å². The molecule has 0 aromatic heterocycles. The number of carbonyl (C=O) groups is 1. The first-order chi connectivity index (χ1) is 12.0. The Kier molecular flexibility index (Phi) is 5.64. The lowest BCUT2D eigenvalue weighted by atomic mass is 10.1. The van der Waals surface area contributed by atoms with Crippen LogP contribution >= 0.6 is 11.6 Å². The molecule has 0 saturated carbocycles. The van der Waals surface area contributed by atoms with E-state index in [1.807, 2.05) is 29.2 Å². The number of aryl methyl sites for hydroxylation is 2. The van der Waals surface area contributed by atoms with Crippen molar-refractivity contribution in [3.63, 3.8) is 0 Å². The number of carbonyl (C=O) groups excluding carboxylic acids is 1. The van der Waals surface area contributed by atoms with Crippen molar-refractivity contribution in [1.82, 2.24) is 4.90 Å². The summed E-state index contributed by atoms with van der Waals surface area (Å²) in [7, 11) is 0. The number of hydrogen-bond donors (Lipinski definition) is 0. The highest BCUT2D eigenvalue weighted by atomic mass is 35.5. The Balaban J connectivity index is 1.52. The van der Waals surface area contributed by atoms with Crippen molar-refractivity contribution in [3.8, 4) is 5.75 Å². The van der Waals surface area contributed by atoms with Crippen LogP contribution in [0.3, 0.4) is 0 Å². The van der Waals surface area contributed by atoms with Gasteiger partial charge in [0.05, 0.1) is 6.42 Å². The Morgan fingerprint density at radius 2 is 1.80 bits per heavy atom. The van der Waals surface area contributed by atoms with Crippen LogP contribution in [0, 0.1) is 13.8 Å². The minimum Gasteiger partial charge on any atom is -0.490 e. The molecule has 1 aliphatic rings. The summed E-state index contributed by atoms with van der Waals surface area (Å²) in [5.41, 5.74) is 3.37. The monoisotopic (exact) mass is 357 g/mol. The number of amides is 1. The van der Waals surface area contributed by atoms with Gasteiger partial charge in [-0.05, 0) is 48.7 Å². The Morgan fingerprint density at radius 1 is 1.12 bits per heavy atom. The molecule has 2 aromatic carbocycles. The van der Waals surface area contributed by atoms with Crippen molar-refractivity contribution >= 4 is 17.5 Å². The van der Waals surface area contributed by atoms with Crippen LogP contribution in [-0.2, 0) is 11.2 Å². The van der Waals surface area contributed by atoms with Crippen LogP contribution in [0.4, 0.5) is 0 Å². The second-order valence-electron chi connectivity index (χ2n) is 6.77. The third-order valence-corrected chi connectivity index (χ3v) is 4.95. The smallest absolute Gasteiger partial charge is 0.226 e. The molecule has 0 aliphatic carbocycles. The van der Waals surface area contributed by atoms with Gasteiger partial charge in [0.2, 0.25) is 5.91 Å². The van der Waals surface area contributed by atoms with Gasteiger partial charge in [0.15, 0.2) is 0 Å². The summed E-state index contributed by atoms with van der Waals surface area (Å²) in [5, 5.41) is 0.695. The molecular formula is C21H24ClNO2. The molecule has 25 heavy (non-hydrogen) atoms. The van der Waals surface area contributed by atoms with Crippen molar-refractivity contribution < 1.29 is 9.53 Å². The molecule has 0 N–H and O–H groups in total. The highest BCUT2D eigenvalue weighted by molar-refractivity contribution is 6.30. The van der Waals surface area contributed by atoms with Crippen LogP contribution in [0.15, 0.2) is 42.5 Å². The Bertz CT molecular complexity index is 734. The first-order valence-corrected chi connectivity index (χ1v) is 9.15. The number of rotatable bonds is 4. The number of piperidine rings is 1. The zero-order chi connectivity index (χ0) is 17.8. The summed E-state index contributed by atoms with van der Waals surface area (Å²) in [6, 6.07) is 13.8. The molecule has 3 rings (SSSR count). The van der Waals surface area contributed by atoms with E-state index in [-0.39, 0.29) is 12.0 Å². The van der Waals surface area contributed by atoms with E-state index < -0.39 is 0 Å². The van der Waals surface area contributed by atoms with E-state index in [0.717, 1.165) is 42.8 Å². The molecule has 1 fully saturated rings. The van der Waals surface area contributed by atoms with Crippen molar-refractivity contribution in [2.24, 2.45) is 0 Å². The second-order valence-corrected chi connectivity index (χ2v) is 7.21. The number of benzene rings is 2. The van der Waals surface area contributed by atoms with Gasteiger partial charge in [0, 0.05) is 31.0 Å². The van der Waals surface area contributed by atoms with Crippen LogP contribution in [0.5, 0.6) is 5.75 Å². The van der Waals surface area contributed by atoms with Crippen molar-refractivity contribution in [2.45, 2.75) is 39.2 Å². The van der Waals surface area contributed by atoms with Gasteiger partial charge in [-0.15, -0.1) is 0 Å². The summed E-state index contributed by atoms with van der Waals surface area (Å²) >= 11 is 5.89. The molecule has 0 atom stereocenters. The van der Waals surface area contributed by atoms with Gasteiger partial charge in [-0.2, -0.15) is 0 Å². The first kappa shape index (κ1) is 17.8. The predicted octanol–water partition coefficient (Wildman–Crippen LogP) is 4.57. The van der Waals surface area contributed by atoms with E-state index in [1.165, 1.54) is 5.56 Å². The standard InChI is InChI=1S/C21H24ClNO2/c1-15-3-4-16(2)20(13-15)25-19-9-11-23(12-10-19)21(24)14-17-5-7-18(22)8-6-17/h3-8,13,19H,9-12,14H2,1-2H3. The largest absolute Gasteiger partial charge is 0.490 e. The van der Waals surface area contributed by atoms with E-state index in [4.69, 9.17) is 16.3 Å². The molecule has 3 nitrogen and oxygen atoms in total. The summed E-state index contributed by atoms with van der Waals surface area (Å²) < 4.78 is 6.17. The fraction of sp³-hybridized carbons (Fsp3) is 0.381. The minimum absolute atomic E-state index is 0.174.